The van der Waals surface area contributed by atoms with Crippen molar-refractivity contribution in [2.24, 2.45) is 0 Å². The van der Waals surface area contributed by atoms with E-state index < -0.39 is 0 Å². The van der Waals surface area contributed by atoms with Gasteiger partial charge in [-0.25, -0.2) is 0 Å². The summed E-state index contributed by atoms with van der Waals surface area (Å²) in [6.45, 7) is 8.01. The standard InChI is InChI=1S/C11H20N4O/c1-9(2)14-5-6-16-10(7-14)8-15-4-3-11(12)13-15/h3-4,9-10H,5-8H2,1-2H3,(H2,12,13). The lowest BCUT2D eigenvalue weighted by Gasteiger charge is -2.35. The van der Waals surface area contributed by atoms with E-state index in [4.69, 9.17) is 10.5 Å². The van der Waals surface area contributed by atoms with Crippen molar-refractivity contribution < 1.29 is 4.74 Å². The molecule has 0 aromatic carbocycles. The first kappa shape index (κ1) is 11.4. The van der Waals surface area contributed by atoms with Crippen molar-refractivity contribution in [2.45, 2.75) is 32.5 Å². The molecular weight excluding hydrogens is 204 g/mol. The van der Waals surface area contributed by atoms with Gasteiger partial charge in [-0.05, 0) is 19.9 Å². The number of hydrogen-bond acceptors (Lipinski definition) is 4. The highest BCUT2D eigenvalue weighted by molar-refractivity contribution is 5.23. The van der Waals surface area contributed by atoms with Gasteiger partial charge in [0.25, 0.3) is 0 Å². The molecule has 5 heteroatoms. The van der Waals surface area contributed by atoms with E-state index in [1.54, 1.807) is 0 Å². The smallest absolute Gasteiger partial charge is 0.145 e. The highest BCUT2D eigenvalue weighted by Gasteiger charge is 2.22. The van der Waals surface area contributed by atoms with Crippen LogP contribution >= 0.6 is 0 Å². The van der Waals surface area contributed by atoms with Gasteiger partial charge in [-0.1, -0.05) is 0 Å². The molecule has 90 valence electrons. The second-order valence-corrected chi connectivity index (χ2v) is 4.54. The van der Waals surface area contributed by atoms with Gasteiger partial charge >= 0.3 is 0 Å². The second-order valence-electron chi connectivity index (χ2n) is 4.54. The molecule has 1 atom stereocenters. The quantitative estimate of drug-likeness (QED) is 0.815. The molecule has 1 fully saturated rings. The van der Waals surface area contributed by atoms with Crippen LogP contribution in [0.25, 0.3) is 0 Å². The Morgan fingerprint density at radius 2 is 2.44 bits per heavy atom. The summed E-state index contributed by atoms with van der Waals surface area (Å²) in [4.78, 5) is 2.43. The summed E-state index contributed by atoms with van der Waals surface area (Å²) in [6, 6.07) is 2.39. The lowest BCUT2D eigenvalue weighted by atomic mass is 10.2. The molecule has 0 bridgehead atoms. The Kier molecular flexibility index (Phi) is 3.46. The summed E-state index contributed by atoms with van der Waals surface area (Å²) >= 11 is 0. The maximum Gasteiger partial charge on any atom is 0.145 e. The lowest BCUT2D eigenvalue weighted by Crippen LogP contribution is -2.47. The zero-order valence-electron chi connectivity index (χ0n) is 9.97. The Hall–Kier alpha value is -1.07. The van der Waals surface area contributed by atoms with Crippen LogP contribution in [0.4, 0.5) is 5.82 Å². The maximum atomic E-state index is 5.73. The van der Waals surface area contributed by atoms with Crippen molar-refractivity contribution in [3.05, 3.63) is 12.3 Å². The predicted octanol–water partition coefficient (Wildman–Crippen LogP) is 0.575. The molecule has 0 amide bonds. The van der Waals surface area contributed by atoms with Gasteiger partial charge in [0.15, 0.2) is 0 Å². The first-order chi connectivity index (χ1) is 7.65. The van der Waals surface area contributed by atoms with Crippen LogP contribution in [0.5, 0.6) is 0 Å². The normalized spacial score (nSPS) is 22.8. The van der Waals surface area contributed by atoms with Gasteiger partial charge in [0.1, 0.15) is 5.82 Å². The molecule has 1 aromatic heterocycles. The van der Waals surface area contributed by atoms with Gasteiger partial charge in [0, 0.05) is 25.3 Å². The number of nitrogen functional groups attached to an aromatic ring is 1. The number of aromatic nitrogens is 2. The molecular formula is C11H20N4O. The summed E-state index contributed by atoms with van der Waals surface area (Å²) in [7, 11) is 0. The molecule has 0 spiro atoms. The average molecular weight is 224 g/mol. The summed E-state index contributed by atoms with van der Waals surface area (Å²) in [5.41, 5.74) is 5.58. The van der Waals surface area contributed by atoms with E-state index in [-0.39, 0.29) is 6.10 Å². The van der Waals surface area contributed by atoms with Gasteiger partial charge in [0.2, 0.25) is 0 Å². The Balaban J connectivity index is 1.90. The minimum absolute atomic E-state index is 0.218. The fourth-order valence-corrected chi connectivity index (χ4v) is 2.01. The van der Waals surface area contributed by atoms with E-state index in [0.717, 1.165) is 26.2 Å². The number of anilines is 1. The summed E-state index contributed by atoms with van der Waals surface area (Å²) in [6.07, 6.45) is 2.11. The largest absolute Gasteiger partial charge is 0.382 e. The van der Waals surface area contributed by atoms with Crippen molar-refractivity contribution in [1.29, 1.82) is 0 Å². The summed E-state index contributed by atoms with van der Waals surface area (Å²) < 4.78 is 7.58. The topological polar surface area (TPSA) is 56.3 Å². The SMILES string of the molecule is CC(C)N1CCOC(Cn2ccc(N)n2)C1. The summed E-state index contributed by atoms with van der Waals surface area (Å²) in [5, 5.41) is 4.17. The van der Waals surface area contributed by atoms with E-state index in [1.807, 2.05) is 16.9 Å². The third-order valence-electron chi connectivity index (χ3n) is 2.95. The van der Waals surface area contributed by atoms with Gasteiger partial charge in [-0.3, -0.25) is 9.58 Å². The fourth-order valence-electron chi connectivity index (χ4n) is 2.01. The third kappa shape index (κ3) is 2.74. The minimum atomic E-state index is 0.218. The van der Waals surface area contributed by atoms with E-state index >= 15 is 0 Å². The van der Waals surface area contributed by atoms with Crippen LogP contribution in [-0.4, -0.2) is 46.5 Å². The van der Waals surface area contributed by atoms with E-state index in [9.17, 15) is 0 Å². The van der Waals surface area contributed by atoms with Crippen molar-refractivity contribution in [3.8, 4) is 0 Å². The average Bonchev–Trinajstić information content (AvgIpc) is 2.64. The molecule has 2 rings (SSSR count). The summed E-state index contributed by atoms with van der Waals surface area (Å²) in [5.74, 6) is 0.566. The highest BCUT2D eigenvalue weighted by Crippen LogP contribution is 2.10. The minimum Gasteiger partial charge on any atom is -0.382 e. The number of nitrogens with two attached hydrogens (primary N) is 1. The van der Waals surface area contributed by atoms with Crippen LogP contribution < -0.4 is 5.73 Å². The second kappa shape index (κ2) is 4.84. The fraction of sp³-hybridized carbons (Fsp3) is 0.727. The molecule has 1 aliphatic heterocycles. The van der Waals surface area contributed by atoms with Gasteiger partial charge in [-0.15, -0.1) is 0 Å². The molecule has 1 aromatic rings. The Morgan fingerprint density at radius 3 is 3.06 bits per heavy atom. The molecule has 2 N–H and O–H groups in total. The Morgan fingerprint density at radius 1 is 1.62 bits per heavy atom. The van der Waals surface area contributed by atoms with Gasteiger partial charge in [-0.2, -0.15) is 5.10 Å². The van der Waals surface area contributed by atoms with Crippen LogP contribution in [0.1, 0.15) is 13.8 Å². The predicted molar refractivity (Wildman–Crippen MR) is 63.1 cm³/mol. The zero-order valence-corrected chi connectivity index (χ0v) is 9.97. The van der Waals surface area contributed by atoms with Crippen LogP contribution in [0.3, 0.4) is 0 Å². The molecule has 5 nitrogen and oxygen atoms in total. The zero-order chi connectivity index (χ0) is 11.5. The van der Waals surface area contributed by atoms with Crippen LogP contribution in [0.2, 0.25) is 0 Å². The van der Waals surface area contributed by atoms with Crippen LogP contribution in [0.15, 0.2) is 12.3 Å². The molecule has 0 aliphatic carbocycles. The van der Waals surface area contributed by atoms with Gasteiger partial charge in [0.05, 0.1) is 19.3 Å². The first-order valence-corrected chi connectivity index (χ1v) is 5.79. The number of ether oxygens (including phenoxy) is 1. The lowest BCUT2D eigenvalue weighted by molar-refractivity contribution is -0.0469. The van der Waals surface area contributed by atoms with Crippen molar-refractivity contribution in [2.75, 3.05) is 25.4 Å². The molecule has 1 aliphatic rings. The molecule has 0 saturated carbocycles. The van der Waals surface area contributed by atoms with Crippen LogP contribution in [0, 0.1) is 0 Å². The molecule has 0 radical (unpaired) electrons. The van der Waals surface area contributed by atoms with E-state index in [0.29, 0.717) is 11.9 Å². The Bertz CT molecular complexity index is 336. The van der Waals surface area contributed by atoms with Crippen molar-refractivity contribution in [1.82, 2.24) is 14.7 Å². The molecule has 1 unspecified atom stereocenters. The van der Waals surface area contributed by atoms with Gasteiger partial charge < -0.3 is 10.5 Å². The molecule has 2 heterocycles. The maximum absolute atomic E-state index is 5.73. The number of nitrogens with zero attached hydrogens (tertiary/aromatic N) is 3. The van der Waals surface area contributed by atoms with E-state index in [1.165, 1.54) is 0 Å². The number of hydrogen-bond donors (Lipinski definition) is 1. The van der Waals surface area contributed by atoms with E-state index in [2.05, 4.69) is 23.8 Å². The number of morpholine rings is 1. The number of rotatable bonds is 3. The third-order valence-corrected chi connectivity index (χ3v) is 2.95. The first-order valence-electron chi connectivity index (χ1n) is 5.79. The monoisotopic (exact) mass is 224 g/mol. The molecule has 1 saturated heterocycles. The van der Waals surface area contributed by atoms with Crippen molar-refractivity contribution in [3.63, 3.8) is 0 Å². The Labute approximate surface area is 96.2 Å². The van der Waals surface area contributed by atoms with Crippen LogP contribution in [-0.2, 0) is 11.3 Å². The van der Waals surface area contributed by atoms with Crippen molar-refractivity contribution >= 4 is 5.82 Å². The highest BCUT2D eigenvalue weighted by atomic mass is 16.5. The molecule has 16 heavy (non-hydrogen) atoms.